The molecule has 208 valence electrons. The van der Waals surface area contributed by atoms with E-state index in [9.17, 15) is 4.79 Å². The van der Waals surface area contributed by atoms with Gasteiger partial charge in [0.25, 0.3) is 5.91 Å². The van der Waals surface area contributed by atoms with Crippen molar-refractivity contribution in [1.29, 1.82) is 0 Å². The Bertz CT molecular complexity index is 1520. The molecule has 7 heteroatoms. The van der Waals surface area contributed by atoms with Gasteiger partial charge in [0.1, 0.15) is 11.8 Å². The fraction of sp³-hybridized carbons (Fsp3) is 0.485. The van der Waals surface area contributed by atoms with Crippen molar-refractivity contribution in [1.82, 2.24) is 14.8 Å². The van der Waals surface area contributed by atoms with Gasteiger partial charge >= 0.3 is 0 Å². The van der Waals surface area contributed by atoms with E-state index in [-0.39, 0.29) is 17.4 Å². The molecule has 2 aromatic carbocycles. The zero-order valence-electron chi connectivity index (χ0n) is 23.4. The van der Waals surface area contributed by atoms with E-state index in [2.05, 4.69) is 81.1 Å². The average molecular weight is 603 g/mol. The van der Waals surface area contributed by atoms with Gasteiger partial charge in [0.2, 0.25) is 0 Å². The monoisotopic (exact) mass is 601 g/mol. The number of likely N-dealkylation sites (N-methyl/N-ethyl adjacent to an activating group) is 1. The maximum atomic E-state index is 14.0. The highest BCUT2D eigenvalue weighted by Gasteiger charge is 2.65. The molecule has 6 nitrogen and oxygen atoms in total. The molecule has 1 amide bonds. The molecule has 1 aromatic heterocycles. The molecule has 0 saturated carbocycles. The number of piperidine rings is 2. The van der Waals surface area contributed by atoms with E-state index in [4.69, 9.17) is 9.47 Å². The predicted octanol–water partition coefficient (Wildman–Crippen LogP) is 5.92. The van der Waals surface area contributed by atoms with Gasteiger partial charge in [-0.25, -0.2) is 0 Å². The number of nitrogens with zero attached hydrogens (tertiary/aromatic N) is 2. The molecule has 4 heterocycles. The van der Waals surface area contributed by atoms with E-state index < -0.39 is 0 Å². The molecular weight excluding hydrogens is 566 g/mol. The van der Waals surface area contributed by atoms with Gasteiger partial charge in [0.15, 0.2) is 11.5 Å². The number of ether oxygens (including phenoxy) is 2. The van der Waals surface area contributed by atoms with Crippen molar-refractivity contribution in [3.05, 3.63) is 80.1 Å². The first kappa shape index (κ1) is 25.0. The lowest BCUT2D eigenvalue weighted by molar-refractivity contribution is -0.0256. The van der Waals surface area contributed by atoms with Crippen molar-refractivity contribution in [3.63, 3.8) is 0 Å². The van der Waals surface area contributed by atoms with Crippen LogP contribution in [-0.4, -0.2) is 60.5 Å². The number of amides is 1. The molecule has 3 aliphatic heterocycles. The first-order chi connectivity index (χ1) is 19.4. The van der Waals surface area contributed by atoms with E-state index in [1.54, 1.807) is 7.11 Å². The van der Waals surface area contributed by atoms with E-state index in [0.717, 1.165) is 84.7 Å². The molecule has 2 saturated heterocycles. The Morgan fingerprint density at radius 2 is 1.88 bits per heavy atom. The number of rotatable bonds is 3. The lowest BCUT2D eigenvalue weighted by Crippen LogP contribution is -2.62. The normalized spacial score (nSPS) is 28.6. The number of aromatic nitrogens is 1. The van der Waals surface area contributed by atoms with Crippen LogP contribution in [-0.2, 0) is 18.3 Å². The number of halogens is 1. The summed E-state index contributed by atoms with van der Waals surface area (Å²) >= 11 is 3.54. The summed E-state index contributed by atoms with van der Waals surface area (Å²) in [6.45, 7) is 4.78. The van der Waals surface area contributed by atoms with Crippen LogP contribution < -0.4 is 9.47 Å². The fourth-order valence-electron chi connectivity index (χ4n) is 8.96. The summed E-state index contributed by atoms with van der Waals surface area (Å²) < 4.78 is 13.8. The van der Waals surface area contributed by atoms with E-state index in [1.165, 1.54) is 22.3 Å². The molecule has 3 aromatic rings. The molecule has 1 unspecified atom stereocenters. The number of aromatic amines is 1. The topological polar surface area (TPSA) is 57.8 Å². The van der Waals surface area contributed by atoms with Gasteiger partial charge < -0.3 is 24.3 Å². The second kappa shape index (κ2) is 8.86. The third kappa shape index (κ3) is 3.28. The smallest absolute Gasteiger partial charge is 0.270 e. The highest BCUT2D eigenvalue weighted by atomic mass is 79.9. The number of hydrogen-bond acceptors (Lipinski definition) is 4. The van der Waals surface area contributed by atoms with Crippen LogP contribution in [0.3, 0.4) is 0 Å². The molecule has 5 aliphatic rings. The predicted molar refractivity (Wildman–Crippen MR) is 158 cm³/mol. The number of H-pyrrole nitrogens is 1. The Balaban J connectivity index is 1.14. The Morgan fingerprint density at radius 3 is 2.62 bits per heavy atom. The summed E-state index contributed by atoms with van der Waals surface area (Å²) in [5, 5.41) is 0. The van der Waals surface area contributed by atoms with Crippen LogP contribution in [0.2, 0.25) is 0 Å². The first-order valence-electron chi connectivity index (χ1n) is 14.7. The molecular formula is C33H36BrN3O3. The maximum Gasteiger partial charge on any atom is 0.270 e. The number of carbonyl (C=O) groups is 1. The van der Waals surface area contributed by atoms with Crippen molar-refractivity contribution in [2.75, 3.05) is 33.8 Å². The minimum absolute atomic E-state index is 0.0672. The van der Waals surface area contributed by atoms with Crippen LogP contribution in [0.25, 0.3) is 0 Å². The quantitative estimate of drug-likeness (QED) is 0.405. The molecule has 0 radical (unpaired) electrons. The number of nitrogens with one attached hydrogen (secondary N) is 1. The van der Waals surface area contributed by atoms with Crippen LogP contribution in [0.1, 0.15) is 75.3 Å². The summed E-state index contributed by atoms with van der Waals surface area (Å²) in [6, 6.07) is 13.5. The van der Waals surface area contributed by atoms with Gasteiger partial charge in [0.05, 0.1) is 12.8 Å². The lowest BCUT2D eigenvalue weighted by Gasteiger charge is -2.57. The van der Waals surface area contributed by atoms with Gasteiger partial charge in [-0.1, -0.05) is 34.1 Å². The summed E-state index contributed by atoms with van der Waals surface area (Å²) in [5.74, 6) is 2.86. The van der Waals surface area contributed by atoms with Crippen LogP contribution >= 0.6 is 15.9 Å². The lowest BCUT2D eigenvalue weighted by atomic mass is 9.51. The molecule has 2 fully saturated rings. The van der Waals surface area contributed by atoms with Crippen LogP contribution in [0, 0.1) is 12.8 Å². The van der Waals surface area contributed by atoms with Gasteiger partial charge in [0, 0.05) is 34.6 Å². The number of methoxy groups -OCH3 is 1. The second-order valence-corrected chi connectivity index (χ2v) is 13.5. The van der Waals surface area contributed by atoms with Crippen molar-refractivity contribution >= 4 is 21.8 Å². The van der Waals surface area contributed by atoms with Crippen molar-refractivity contribution in [2.45, 2.75) is 62.5 Å². The first-order valence-corrected chi connectivity index (χ1v) is 15.5. The average Bonchev–Trinajstić information content (AvgIpc) is 3.49. The highest BCUT2D eigenvalue weighted by molar-refractivity contribution is 9.10. The van der Waals surface area contributed by atoms with E-state index >= 15 is 0 Å². The third-order valence-corrected chi connectivity index (χ3v) is 11.6. The summed E-state index contributed by atoms with van der Waals surface area (Å²) in [5.41, 5.74) is 8.38. The number of benzene rings is 2. The van der Waals surface area contributed by atoms with E-state index in [0.29, 0.717) is 17.9 Å². The molecule has 1 spiro atoms. The highest BCUT2D eigenvalue weighted by Crippen LogP contribution is 2.67. The number of likely N-dealkylation sites (tertiary alicyclic amines) is 2. The maximum absolute atomic E-state index is 14.0. The van der Waals surface area contributed by atoms with Gasteiger partial charge in [-0.15, -0.1) is 0 Å². The molecule has 8 rings (SSSR count). The zero-order valence-corrected chi connectivity index (χ0v) is 25.0. The Hall–Kier alpha value is -2.77. The van der Waals surface area contributed by atoms with Gasteiger partial charge in [-0.05, 0) is 105 Å². The summed E-state index contributed by atoms with van der Waals surface area (Å²) in [4.78, 5) is 22.3. The van der Waals surface area contributed by atoms with Crippen LogP contribution in [0.15, 0.2) is 40.9 Å². The molecule has 2 bridgehead atoms. The van der Waals surface area contributed by atoms with Crippen LogP contribution in [0.4, 0.5) is 0 Å². The Morgan fingerprint density at radius 1 is 1.10 bits per heavy atom. The summed E-state index contributed by atoms with van der Waals surface area (Å²) in [6.07, 6.45) is 4.98. The summed E-state index contributed by atoms with van der Waals surface area (Å²) in [7, 11) is 4.02. The SMILES string of the molecule is COc1ccc2c3c1O[C@H]1c4[nH]c(C(=O)N5CCC(c6ccc(Br)cc6)CC5)c(C)c4C[C@H]4[C@H](C2)N(C)CCC314. The second-order valence-electron chi connectivity index (χ2n) is 12.6. The number of carbonyl (C=O) groups excluding carboxylic acids is 1. The number of hydrogen-bond donors (Lipinski definition) is 1. The Kier molecular flexibility index (Phi) is 5.53. The molecule has 2 aliphatic carbocycles. The van der Waals surface area contributed by atoms with E-state index in [1.807, 2.05) is 0 Å². The molecule has 1 N–H and O–H groups in total. The van der Waals surface area contributed by atoms with Gasteiger partial charge in [-0.3, -0.25) is 4.79 Å². The third-order valence-electron chi connectivity index (χ3n) is 11.0. The fourth-order valence-corrected chi connectivity index (χ4v) is 9.22. The van der Waals surface area contributed by atoms with Crippen molar-refractivity contribution in [2.24, 2.45) is 5.92 Å². The standard InChI is InChI=1S/C33H36BrN3O3/c1-18-23-17-24-25-16-21-6-9-26(39-3)30-27(21)33(24,12-15-36(25)2)31(40-30)29(23)35-28(18)32(38)37-13-10-20(11-14-37)19-4-7-22(34)8-5-19/h4-9,20,24-25,31,35H,10-17H2,1-3H3/t24-,25-,31-,33?/m0/s1. The van der Waals surface area contributed by atoms with Crippen molar-refractivity contribution in [3.8, 4) is 11.5 Å². The van der Waals surface area contributed by atoms with Gasteiger partial charge in [-0.2, -0.15) is 0 Å². The Labute approximate surface area is 244 Å². The minimum Gasteiger partial charge on any atom is -0.493 e. The van der Waals surface area contributed by atoms with Crippen LogP contribution in [0.5, 0.6) is 11.5 Å². The van der Waals surface area contributed by atoms with Crippen molar-refractivity contribution < 1.29 is 14.3 Å². The zero-order chi connectivity index (χ0) is 27.3. The number of fused-ring (bicyclic) bond motifs is 2. The molecule has 4 atom stereocenters. The molecule has 40 heavy (non-hydrogen) atoms. The minimum atomic E-state index is -0.105. The largest absolute Gasteiger partial charge is 0.493 e.